The minimum absolute atomic E-state index is 0.190. The number of allylic oxidation sites excluding steroid dienone is 3. The lowest BCUT2D eigenvalue weighted by molar-refractivity contribution is -0.152. The Hall–Kier alpha value is -3.19. The quantitative estimate of drug-likeness (QED) is 0.501. The lowest BCUT2D eigenvalue weighted by Gasteiger charge is -2.39. The second-order valence-corrected chi connectivity index (χ2v) is 9.02. The SMILES string of the molecule is CCOC(=O)C1=C(C)NC2=C(C(=O)[C@H](C(=O)OCC)[C@H](c3ccccc3)C2)[C@@H]1c1cccs1. The number of Topliss-reactive ketones (excluding diaryl/α,β-unsaturated/α-hetero) is 1. The first-order valence-electron chi connectivity index (χ1n) is 11.1. The summed E-state index contributed by atoms with van der Waals surface area (Å²) in [5.74, 6) is -3.21. The number of hydrogen-bond acceptors (Lipinski definition) is 7. The van der Waals surface area contributed by atoms with Crippen molar-refractivity contribution in [2.24, 2.45) is 5.92 Å². The summed E-state index contributed by atoms with van der Waals surface area (Å²) >= 11 is 1.47. The summed E-state index contributed by atoms with van der Waals surface area (Å²) in [4.78, 5) is 40.9. The van der Waals surface area contributed by atoms with Crippen molar-refractivity contribution in [3.8, 4) is 0 Å². The zero-order valence-corrected chi connectivity index (χ0v) is 19.7. The highest BCUT2D eigenvalue weighted by Gasteiger charge is 2.49. The molecule has 6 nitrogen and oxygen atoms in total. The summed E-state index contributed by atoms with van der Waals surface area (Å²) < 4.78 is 10.7. The lowest BCUT2D eigenvalue weighted by Crippen LogP contribution is -2.43. The highest BCUT2D eigenvalue weighted by molar-refractivity contribution is 7.10. The smallest absolute Gasteiger partial charge is 0.336 e. The van der Waals surface area contributed by atoms with E-state index in [0.29, 0.717) is 23.3 Å². The summed E-state index contributed by atoms with van der Waals surface area (Å²) in [7, 11) is 0. The largest absolute Gasteiger partial charge is 0.465 e. The van der Waals surface area contributed by atoms with Crippen molar-refractivity contribution in [1.29, 1.82) is 0 Å². The van der Waals surface area contributed by atoms with E-state index in [0.717, 1.165) is 16.1 Å². The highest BCUT2D eigenvalue weighted by atomic mass is 32.1. The van der Waals surface area contributed by atoms with Crippen LogP contribution in [0, 0.1) is 5.92 Å². The Balaban J connectivity index is 1.86. The van der Waals surface area contributed by atoms with E-state index in [4.69, 9.17) is 9.47 Å². The molecule has 2 heterocycles. The number of ketones is 1. The van der Waals surface area contributed by atoms with E-state index in [1.807, 2.05) is 54.8 Å². The zero-order valence-electron chi connectivity index (χ0n) is 18.9. The lowest BCUT2D eigenvalue weighted by atomic mass is 9.68. The average Bonchev–Trinajstić information content (AvgIpc) is 3.33. The number of carbonyl (C=O) groups is 3. The number of hydrogen-bond donors (Lipinski definition) is 1. The summed E-state index contributed by atoms with van der Waals surface area (Å²) in [5.41, 5.74) is 3.18. The molecule has 4 rings (SSSR count). The van der Waals surface area contributed by atoms with Crippen LogP contribution in [0.3, 0.4) is 0 Å². The molecule has 2 aromatic rings. The first-order valence-corrected chi connectivity index (χ1v) is 12.0. The number of thiophene rings is 1. The molecular weight excluding hydrogens is 438 g/mol. The van der Waals surface area contributed by atoms with E-state index in [-0.39, 0.29) is 24.9 Å². The zero-order chi connectivity index (χ0) is 23.5. The van der Waals surface area contributed by atoms with Crippen molar-refractivity contribution in [2.75, 3.05) is 13.2 Å². The Kier molecular flexibility index (Phi) is 6.79. The van der Waals surface area contributed by atoms with Gasteiger partial charge in [-0.15, -0.1) is 11.3 Å². The van der Waals surface area contributed by atoms with Gasteiger partial charge in [0, 0.05) is 27.8 Å². The summed E-state index contributed by atoms with van der Waals surface area (Å²) in [6, 6.07) is 13.4. The second-order valence-electron chi connectivity index (χ2n) is 8.04. The van der Waals surface area contributed by atoms with Gasteiger partial charge in [0.15, 0.2) is 5.78 Å². The van der Waals surface area contributed by atoms with Gasteiger partial charge in [-0.25, -0.2) is 4.79 Å². The van der Waals surface area contributed by atoms with Gasteiger partial charge in [-0.1, -0.05) is 36.4 Å². The standard InChI is InChI=1S/C26H27NO5S/c1-4-31-25(29)20-15(3)27-18-14-17(16-10-7-6-8-11-16)21(26(30)32-5-2)24(28)22(18)23(20)19-12-9-13-33-19/h6-13,17,21,23,27H,4-5,14H2,1-3H3/t17-,21+,23+/m0/s1. The van der Waals surface area contributed by atoms with Gasteiger partial charge < -0.3 is 14.8 Å². The minimum Gasteiger partial charge on any atom is -0.465 e. The molecule has 1 N–H and O–H groups in total. The van der Waals surface area contributed by atoms with E-state index in [1.54, 1.807) is 13.8 Å². The predicted molar refractivity (Wildman–Crippen MR) is 125 cm³/mol. The molecule has 7 heteroatoms. The molecule has 0 spiro atoms. The maximum Gasteiger partial charge on any atom is 0.336 e. The van der Waals surface area contributed by atoms with Crippen LogP contribution in [0.25, 0.3) is 0 Å². The summed E-state index contributed by atoms with van der Waals surface area (Å²) in [6.45, 7) is 5.73. The molecule has 0 unspecified atom stereocenters. The molecule has 1 aliphatic carbocycles. The van der Waals surface area contributed by atoms with Crippen LogP contribution in [0.2, 0.25) is 0 Å². The van der Waals surface area contributed by atoms with Crippen LogP contribution >= 0.6 is 11.3 Å². The number of rotatable bonds is 6. The number of ether oxygens (including phenoxy) is 2. The molecule has 0 saturated heterocycles. The van der Waals surface area contributed by atoms with Gasteiger partial charge in [0.25, 0.3) is 0 Å². The van der Waals surface area contributed by atoms with E-state index in [2.05, 4.69) is 5.32 Å². The maximum absolute atomic E-state index is 14.0. The van der Waals surface area contributed by atoms with Crippen LogP contribution in [-0.4, -0.2) is 30.9 Å². The molecule has 1 aromatic heterocycles. The Morgan fingerprint density at radius 3 is 2.42 bits per heavy atom. The van der Waals surface area contributed by atoms with E-state index in [1.165, 1.54) is 11.3 Å². The molecule has 1 aliphatic heterocycles. The van der Waals surface area contributed by atoms with Crippen molar-refractivity contribution < 1.29 is 23.9 Å². The maximum atomic E-state index is 14.0. The van der Waals surface area contributed by atoms with Gasteiger partial charge >= 0.3 is 11.9 Å². The van der Waals surface area contributed by atoms with Crippen LogP contribution < -0.4 is 5.32 Å². The molecule has 3 atom stereocenters. The fourth-order valence-corrected chi connectivity index (χ4v) is 5.61. The second kappa shape index (κ2) is 9.75. The third-order valence-corrected chi connectivity index (χ3v) is 7.05. The van der Waals surface area contributed by atoms with E-state index < -0.39 is 23.8 Å². The first kappa shape index (κ1) is 23.0. The van der Waals surface area contributed by atoms with Crippen molar-refractivity contribution in [1.82, 2.24) is 5.32 Å². The van der Waals surface area contributed by atoms with Gasteiger partial charge in [0.2, 0.25) is 0 Å². The van der Waals surface area contributed by atoms with Crippen molar-refractivity contribution in [2.45, 2.75) is 39.0 Å². The molecule has 0 fully saturated rings. The third kappa shape index (κ3) is 4.25. The van der Waals surface area contributed by atoms with E-state index in [9.17, 15) is 14.4 Å². The number of carbonyl (C=O) groups excluding carboxylic acids is 3. The highest BCUT2D eigenvalue weighted by Crippen LogP contribution is 2.48. The molecule has 0 bridgehead atoms. The number of nitrogens with one attached hydrogen (secondary N) is 1. The molecule has 0 radical (unpaired) electrons. The molecular formula is C26H27NO5S. The number of dihydropyridines is 1. The van der Waals surface area contributed by atoms with Gasteiger partial charge in [0.05, 0.1) is 24.7 Å². The normalized spacial score (nSPS) is 22.5. The number of esters is 2. The van der Waals surface area contributed by atoms with Crippen LogP contribution in [0.1, 0.15) is 49.5 Å². The molecule has 0 amide bonds. The van der Waals surface area contributed by atoms with Crippen LogP contribution in [0.15, 0.2) is 70.4 Å². The Morgan fingerprint density at radius 2 is 1.79 bits per heavy atom. The predicted octanol–water partition coefficient (Wildman–Crippen LogP) is 4.46. The Labute approximate surface area is 197 Å². The van der Waals surface area contributed by atoms with Crippen LogP contribution in [-0.2, 0) is 23.9 Å². The summed E-state index contributed by atoms with van der Waals surface area (Å²) in [6.07, 6.45) is 0.462. The Morgan fingerprint density at radius 1 is 1.06 bits per heavy atom. The molecule has 2 aliphatic rings. The summed E-state index contributed by atoms with van der Waals surface area (Å²) in [5, 5.41) is 5.23. The minimum atomic E-state index is -0.975. The fraction of sp³-hybridized carbons (Fsp3) is 0.346. The Bertz CT molecular complexity index is 1120. The van der Waals surface area contributed by atoms with Gasteiger partial charge in [-0.2, -0.15) is 0 Å². The van der Waals surface area contributed by atoms with Crippen molar-refractivity contribution >= 4 is 29.1 Å². The molecule has 0 saturated carbocycles. The van der Waals surface area contributed by atoms with Gasteiger partial charge in [-0.3, -0.25) is 9.59 Å². The van der Waals surface area contributed by atoms with Crippen LogP contribution in [0.5, 0.6) is 0 Å². The van der Waals surface area contributed by atoms with Crippen molar-refractivity contribution in [3.05, 3.63) is 80.8 Å². The monoisotopic (exact) mass is 465 g/mol. The topological polar surface area (TPSA) is 81.7 Å². The van der Waals surface area contributed by atoms with Gasteiger partial charge in [0.1, 0.15) is 5.92 Å². The van der Waals surface area contributed by atoms with Gasteiger partial charge in [-0.05, 0) is 44.2 Å². The number of benzene rings is 1. The molecule has 1 aromatic carbocycles. The average molecular weight is 466 g/mol. The van der Waals surface area contributed by atoms with Crippen molar-refractivity contribution in [3.63, 3.8) is 0 Å². The fourth-order valence-electron chi connectivity index (χ4n) is 4.77. The van der Waals surface area contributed by atoms with E-state index >= 15 is 0 Å². The molecule has 172 valence electrons. The molecule has 33 heavy (non-hydrogen) atoms. The van der Waals surface area contributed by atoms with Crippen LogP contribution in [0.4, 0.5) is 0 Å². The first-order chi connectivity index (χ1) is 16.0. The third-order valence-electron chi connectivity index (χ3n) is 6.11.